The summed E-state index contributed by atoms with van der Waals surface area (Å²) in [5.74, 6) is -3.65. The topological polar surface area (TPSA) is 74.3 Å². The molecule has 1 aromatic carbocycles. The number of benzene rings is 1. The molecule has 142 valence electrons. The van der Waals surface area contributed by atoms with Crippen LogP contribution in [0.25, 0.3) is 0 Å². The van der Waals surface area contributed by atoms with E-state index in [1.165, 1.54) is 0 Å². The van der Waals surface area contributed by atoms with Crippen LogP contribution >= 0.6 is 0 Å². The number of alkyl halides is 3. The molecule has 0 aliphatic carbocycles. The fraction of sp³-hybridized carbons (Fsp3) is 0.333. The average Bonchev–Trinajstić information content (AvgIpc) is 2.60. The molecule has 0 N–H and O–H groups in total. The largest absolute Gasteiger partial charge is 0.573 e. The number of anilines is 1. The number of hydrogen-bond acceptors (Lipinski definition) is 7. The molecule has 0 saturated carbocycles. The Morgan fingerprint density at radius 2 is 1.81 bits per heavy atom. The molecule has 0 bridgehead atoms. The van der Waals surface area contributed by atoms with E-state index in [2.05, 4.69) is 14.2 Å². The van der Waals surface area contributed by atoms with Gasteiger partial charge in [0.25, 0.3) is 0 Å². The number of ether oxygens (including phenoxy) is 4. The highest BCUT2D eigenvalue weighted by Crippen LogP contribution is 2.33. The van der Waals surface area contributed by atoms with E-state index in [1.54, 1.807) is 0 Å². The highest BCUT2D eigenvalue weighted by atomic mass is 19.4. The van der Waals surface area contributed by atoms with E-state index < -0.39 is 48.0 Å². The number of methoxy groups -OCH3 is 2. The average molecular weight is 379 g/mol. The van der Waals surface area contributed by atoms with Crippen LogP contribution in [-0.4, -0.2) is 45.9 Å². The Bertz CT molecular complexity index is 746. The van der Waals surface area contributed by atoms with Gasteiger partial charge in [-0.1, -0.05) is 0 Å². The third kappa shape index (κ3) is 4.23. The van der Waals surface area contributed by atoms with Crippen LogP contribution in [0.2, 0.25) is 0 Å². The Hall–Kier alpha value is -2.82. The van der Waals surface area contributed by atoms with Gasteiger partial charge in [-0.2, -0.15) is 0 Å². The number of nitrogens with zero attached hydrogens (tertiary/aromatic N) is 1. The molecule has 0 radical (unpaired) electrons. The number of carbonyl (C=O) groups excluding carboxylic acids is 2. The van der Waals surface area contributed by atoms with Crippen molar-refractivity contribution in [3.05, 3.63) is 35.3 Å². The Morgan fingerprint density at radius 1 is 1.15 bits per heavy atom. The summed E-state index contributed by atoms with van der Waals surface area (Å²) in [4.78, 5) is 24.8. The summed E-state index contributed by atoms with van der Waals surface area (Å²) in [6, 6.07) is 2.20. The number of rotatable bonds is 4. The van der Waals surface area contributed by atoms with Gasteiger partial charge in [-0.05, 0) is 12.1 Å². The molecule has 0 fully saturated rings. The van der Waals surface area contributed by atoms with Gasteiger partial charge in [0, 0.05) is 6.07 Å². The Labute approximate surface area is 144 Å². The number of carbonyl (C=O) groups is 2. The number of esters is 2. The molecule has 2 rings (SSSR count). The van der Waals surface area contributed by atoms with Crippen LogP contribution in [0, 0.1) is 5.82 Å². The fourth-order valence-corrected chi connectivity index (χ4v) is 2.23. The van der Waals surface area contributed by atoms with Crippen LogP contribution in [-0.2, 0) is 23.8 Å². The van der Waals surface area contributed by atoms with Crippen molar-refractivity contribution in [1.82, 2.24) is 0 Å². The molecule has 0 saturated heterocycles. The van der Waals surface area contributed by atoms with E-state index in [1.807, 2.05) is 0 Å². The maximum atomic E-state index is 14.2. The third-order valence-corrected chi connectivity index (χ3v) is 3.28. The molecule has 1 aromatic rings. The summed E-state index contributed by atoms with van der Waals surface area (Å²) in [5.41, 5.74) is -1.16. The van der Waals surface area contributed by atoms with Crippen molar-refractivity contribution in [2.24, 2.45) is 0 Å². The Balaban J connectivity index is 2.56. The zero-order valence-electron chi connectivity index (χ0n) is 13.6. The highest BCUT2D eigenvalue weighted by molar-refractivity contribution is 6.03. The molecule has 26 heavy (non-hydrogen) atoms. The zero-order chi connectivity index (χ0) is 19.5. The molecule has 0 aromatic heterocycles. The molecule has 1 aliphatic rings. The maximum absolute atomic E-state index is 14.2. The van der Waals surface area contributed by atoms with Crippen LogP contribution in [0.4, 0.5) is 23.2 Å². The van der Waals surface area contributed by atoms with Crippen LogP contribution in [0.3, 0.4) is 0 Å². The first-order valence-electron chi connectivity index (χ1n) is 6.98. The lowest BCUT2D eigenvalue weighted by molar-refractivity contribution is -0.274. The molecular weight excluding hydrogens is 366 g/mol. The van der Waals surface area contributed by atoms with Crippen molar-refractivity contribution < 1.29 is 46.1 Å². The first-order valence-corrected chi connectivity index (χ1v) is 6.98. The van der Waals surface area contributed by atoms with Gasteiger partial charge in [-0.3, -0.25) is 0 Å². The molecule has 1 aliphatic heterocycles. The second-order valence-electron chi connectivity index (χ2n) is 4.88. The van der Waals surface area contributed by atoms with Crippen LogP contribution in [0.1, 0.15) is 0 Å². The van der Waals surface area contributed by atoms with Crippen molar-refractivity contribution in [2.45, 2.75) is 6.36 Å². The predicted molar refractivity (Wildman–Crippen MR) is 77.4 cm³/mol. The minimum atomic E-state index is -4.99. The lowest BCUT2D eigenvalue weighted by Crippen LogP contribution is -2.39. The number of hydrogen-bond donors (Lipinski definition) is 0. The maximum Gasteiger partial charge on any atom is 0.573 e. The van der Waals surface area contributed by atoms with E-state index in [0.29, 0.717) is 0 Å². The van der Waals surface area contributed by atoms with Gasteiger partial charge in [-0.15, -0.1) is 13.2 Å². The van der Waals surface area contributed by atoms with E-state index in [0.717, 1.165) is 37.3 Å². The third-order valence-electron chi connectivity index (χ3n) is 3.28. The van der Waals surface area contributed by atoms with E-state index in [-0.39, 0.29) is 12.2 Å². The van der Waals surface area contributed by atoms with E-state index >= 15 is 0 Å². The van der Waals surface area contributed by atoms with Gasteiger partial charge in [-0.25, -0.2) is 14.0 Å². The van der Waals surface area contributed by atoms with Crippen molar-refractivity contribution in [2.75, 3.05) is 32.5 Å². The van der Waals surface area contributed by atoms with Gasteiger partial charge in [0.05, 0.1) is 32.1 Å². The van der Waals surface area contributed by atoms with Gasteiger partial charge in [0.15, 0.2) is 0 Å². The molecule has 0 unspecified atom stereocenters. The molecule has 1 heterocycles. The number of halogens is 4. The van der Waals surface area contributed by atoms with Crippen LogP contribution in [0.15, 0.2) is 29.5 Å². The second kappa shape index (κ2) is 7.60. The Morgan fingerprint density at radius 3 is 2.38 bits per heavy atom. The summed E-state index contributed by atoms with van der Waals surface area (Å²) < 4.78 is 69.4. The molecule has 0 atom stereocenters. The molecule has 7 nitrogen and oxygen atoms in total. The fourth-order valence-electron chi connectivity index (χ4n) is 2.23. The lowest BCUT2D eigenvalue weighted by atomic mass is 10.1. The summed E-state index contributed by atoms with van der Waals surface area (Å²) in [6.07, 6.45) is -4.99. The van der Waals surface area contributed by atoms with Crippen molar-refractivity contribution >= 4 is 17.6 Å². The standard InChI is InChI=1S/C15H13F4NO6/c1-23-13(21)9-6-25-7-20(12(9)14(22)24-2)11-5-8(3-4-10(11)16)26-15(17,18)19/h3-5H,6-7H2,1-2H3. The Kier molecular flexibility index (Phi) is 5.70. The molecule has 0 spiro atoms. The summed E-state index contributed by atoms with van der Waals surface area (Å²) in [6.45, 7) is -0.745. The zero-order valence-corrected chi connectivity index (χ0v) is 13.6. The minimum Gasteiger partial charge on any atom is -0.466 e. The van der Waals surface area contributed by atoms with Gasteiger partial charge >= 0.3 is 18.3 Å². The summed E-state index contributed by atoms with van der Waals surface area (Å²) in [7, 11) is 2.08. The first-order chi connectivity index (χ1) is 12.2. The van der Waals surface area contributed by atoms with Gasteiger partial charge in [0.2, 0.25) is 0 Å². The summed E-state index contributed by atoms with van der Waals surface area (Å²) >= 11 is 0. The van der Waals surface area contributed by atoms with Crippen LogP contribution in [0.5, 0.6) is 5.75 Å². The quantitative estimate of drug-likeness (QED) is 0.586. The minimum absolute atomic E-state index is 0.271. The molecule has 11 heteroatoms. The first kappa shape index (κ1) is 19.5. The SMILES string of the molecule is COC(=O)C1=C(C(=O)OC)N(c2cc(OC(F)(F)F)ccc2F)COC1. The predicted octanol–water partition coefficient (Wildman–Crippen LogP) is 2.12. The van der Waals surface area contributed by atoms with Crippen molar-refractivity contribution in [3.63, 3.8) is 0 Å². The van der Waals surface area contributed by atoms with Crippen molar-refractivity contribution in [1.29, 1.82) is 0 Å². The lowest BCUT2D eigenvalue weighted by Gasteiger charge is -2.31. The molecule has 0 amide bonds. The van der Waals surface area contributed by atoms with Gasteiger partial charge < -0.3 is 23.8 Å². The van der Waals surface area contributed by atoms with Gasteiger partial charge in [0.1, 0.15) is 24.0 Å². The second-order valence-corrected chi connectivity index (χ2v) is 4.88. The van der Waals surface area contributed by atoms with Crippen LogP contribution < -0.4 is 9.64 Å². The van der Waals surface area contributed by atoms with E-state index in [9.17, 15) is 27.2 Å². The monoisotopic (exact) mass is 379 g/mol. The smallest absolute Gasteiger partial charge is 0.466 e. The highest BCUT2D eigenvalue weighted by Gasteiger charge is 2.35. The van der Waals surface area contributed by atoms with Crippen molar-refractivity contribution in [3.8, 4) is 5.75 Å². The van der Waals surface area contributed by atoms with E-state index in [4.69, 9.17) is 4.74 Å². The normalized spacial score (nSPS) is 14.9. The molecular formula is C15H13F4NO6. The summed E-state index contributed by atoms with van der Waals surface area (Å²) in [5, 5.41) is 0.